The monoisotopic (exact) mass is 515 g/mol. The van der Waals surface area contributed by atoms with E-state index in [2.05, 4.69) is 43.3 Å². The van der Waals surface area contributed by atoms with Crippen molar-refractivity contribution < 1.29 is 19.4 Å². The van der Waals surface area contributed by atoms with Gasteiger partial charge < -0.3 is 9.84 Å². The summed E-state index contributed by atoms with van der Waals surface area (Å²) in [6.07, 6.45) is 8.50. The van der Waals surface area contributed by atoms with Crippen molar-refractivity contribution in [2.75, 3.05) is 18.1 Å². The third kappa shape index (κ3) is 5.99. The van der Waals surface area contributed by atoms with Crippen molar-refractivity contribution in [3.8, 4) is 5.69 Å². The molecule has 1 aliphatic heterocycles. The first kappa shape index (κ1) is 26.2. The Labute approximate surface area is 224 Å². The topological polar surface area (TPSA) is 84.7 Å². The van der Waals surface area contributed by atoms with Gasteiger partial charge in [0.15, 0.2) is 5.82 Å². The Bertz CT molecular complexity index is 1220. The Morgan fingerprint density at radius 3 is 2.18 bits per heavy atom. The van der Waals surface area contributed by atoms with Gasteiger partial charge in [0.2, 0.25) is 5.91 Å². The highest BCUT2D eigenvalue weighted by Gasteiger charge is 2.37. The van der Waals surface area contributed by atoms with E-state index < -0.39 is 5.97 Å². The van der Waals surface area contributed by atoms with Crippen LogP contribution in [0.4, 0.5) is 5.82 Å². The fourth-order valence-electron chi connectivity index (χ4n) is 5.68. The lowest BCUT2D eigenvalue weighted by Crippen LogP contribution is -2.47. The molecule has 1 saturated heterocycles. The van der Waals surface area contributed by atoms with Crippen LogP contribution in [-0.4, -0.2) is 46.0 Å². The number of aryl methyl sites for hydroxylation is 2. The SMILES string of the molecule is CC1CCC(C(=O)N(c2nn(-c3ccc(CCc4ccccc4)cc3)cc2C(=O)O)C2CCOCC2)CC1. The lowest BCUT2D eigenvalue weighted by atomic mass is 9.82. The number of rotatable bonds is 8. The molecular weight excluding hydrogens is 478 g/mol. The van der Waals surface area contributed by atoms with Crippen LogP contribution < -0.4 is 4.90 Å². The molecule has 3 aromatic rings. The van der Waals surface area contributed by atoms with E-state index in [1.54, 1.807) is 15.8 Å². The van der Waals surface area contributed by atoms with Crippen molar-refractivity contribution in [3.05, 3.63) is 77.5 Å². The largest absolute Gasteiger partial charge is 0.477 e. The van der Waals surface area contributed by atoms with Crippen LogP contribution in [0, 0.1) is 11.8 Å². The van der Waals surface area contributed by atoms with Crippen molar-refractivity contribution in [1.82, 2.24) is 9.78 Å². The number of amides is 1. The third-order valence-corrected chi connectivity index (χ3v) is 8.06. The zero-order chi connectivity index (χ0) is 26.5. The van der Waals surface area contributed by atoms with Gasteiger partial charge in [-0.25, -0.2) is 9.48 Å². The molecule has 38 heavy (non-hydrogen) atoms. The van der Waals surface area contributed by atoms with Crippen LogP contribution in [0.3, 0.4) is 0 Å². The molecule has 2 aromatic carbocycles. The molecule has 1 aliphatic carbocycles. The average molecular weight is 516 g/mol. The van der Waals surface area contributed by atoms with Gasteiger partial charge >= 0.3 is 5.97 Å². The summed E-state index contributed by atoms with van der Waals surface area (Å²) in [5, 5.41) is 14.8. The van der Waals surface area contributed by atoms with Crippen LogP contribution in [0.25, 0.3) is 5.69 Å². The van der Waals surface area contributed by atoms with Crippen molar-refractivity contribution in [3.63, 3.8) is 0 Å². The molecule has 0 atom stereocenters. The Hall–Kier alpha value is -3.45. The maximum absolute atomic E-state index is 13.9. The van der Waals surface area contributed by atoms with E-state index in [-0.39, 0.29) is 29.2 Å². The first-order valence-electron chi connectivity index (χ1n) is 13.9. The standard InChI is InChI=1S/C31H37N3O4/c1-22-7-13-25(14-8-22)30(35)34(27-17-19-38-20-18-27)29-28(31(36)37)21-33(32-29)26-15-11-24(12-16-26)10-9-23-5-3-2-4-6-23/h2-6,11-12,15-16,21-22,25,27H,7-10,13-14,17-20H2,1H3,(H,36,37). The molecule has 2 fully saturated rings. The van der Waals surface area contributed by atoms with E-state index in [4.69, 9.17) is 9.84 Å². The lowest BCUT2D eigenvalue weighted by Gasteiger charge is -2.37. The normalized spacial score (nSPS) is 20.2. The lowest BCUT2D eigenvalue weighted by molar-refractivity contribution is -0.124. The Morgan fingerprint density at radius 2 is 1.55 bits per heavy atom. The maximum Gasteiger partial charge on any atom is 0.341 e. The number of hydrogen-bond donors (Lipinski definition) is 1. The van der Waals surface area contributed by atoms with E-state index in [0.717, 1.165) is 44.2 Å². The molecule has 1 aromatic heterocycles. The smallest absolute Gasteiger partial charge is 0.341 e. The highest BCUT2D eigenvalue weighted by Crippen LogP contribution is 2.34. The number of benzene rings is 2. The quantitative estimate of drug-likeness (QED) is 0.416. The number of carbonyl (C=O) groups excluding carboxylic acids is 1. The fourth-order valence-corrected chi connectivity index (χ4v) is 5.68. The molecule has 5 rings (SSSR count). The number of aromatic nitrogens is 2. The molecule has 7 nitrogen and oxygen atoms in total. The van der Waals surface area contributed by atoms with Crippen LogP contribution in [-0.2, 0) is 22.4 Å². The number of hydrogen-bond acceptors (Lipinski definition) is 4. The molecule has 200 valence electrons. The van der Waals surface area contributed by atoms with Crippen LogP contribution in [0.15, 0.2) is 60.8 Å². The minimum atomic E-state index is -1.08. The fraction of sp³-hybridized carbons (Fsp3) is 0.452. The summed E-state index contributed by atoms with van der Waals surface area (Å²) in [5.74, 6) is -0.286. The first-order valence-corrected chi connectivity index (χ1v) is 13.9. The summed E-state index contributed by atoms with van der Waals surface area (Å²) in [6, 6.07) is 18.3. The number of ether oxygens (including phenoxy) is 1. The van der Waals surface area contributed by atoms with E-state index in [0.29, 0.717) is 32.0 Å². The molecule has 7 heteroatoms. The summed E-state index contributed by atoms with van der Waals surface area (Å²) in [7, 11) is 0. The second kappa shape index (κ2) is 11.9. The van der Waals surface area contributed by atoms with Crippen LogP contribution in [0.1, 0.15) is 66.9 Å². The van der Waals surface area contributed by atoms with Crippen LogP contribution in [0.2, 0.25) is 0 Å². The van der Waals surface area contributed by atoms with E-state index >= 15 is 0 Å². The number of carbonyl (C=O) groups is 2. The van der Waals surface area contributed by atoms with Gasteiger partial charge in [-0.3, -0.25) is 9.69 Å². The Morgan fingerprint density at radius 1 is 0.921 bits per heavy atom. The van der Waals surface area contributed by atoms with Gasteiger partial charge in [-0.05, 0) is 80.5 Å². The van der Waals surface area contributed by atoms with E-state index in [9.17, 15) is 14.7 Å². The number of nitrogens with zero attached hydrogens (tertiary/aromatic N) is 3. The van der Waals surface area contributed by atoms with Gasteiger partial charge in [0.05, 0.1) is 5.69 Å². The molecule has 1 saturated carbocycles. The predicted octanol–water partition coefficient (Wildman–Crippen LogP) is 5.69. The average Bonchev–Trinajstić information content (AvgIpc) is 3.39. The van der Waals surface area contributed by atoms with Gasteiger partial charge in [0.1, 0.15) is 5.56 Å². The molecule has 0 bridgehead atoms. The third-order valence-electron chi connectivity index (χ3n) is 8.06. The predicted molar refractivity (Wildman–Crippen MR) is 147 cm³/mol. The van der Waals surface area contributed by atoms with Crippen molar-refractivity contribution in [1.29, 1.82) is 0 Å². The Kier molecular flexibility index (Phi) is 8.23. The number of carboxylic acid groups (broad SMARTS) is 1. The second-order valence-corrected chi connectivity index (χ2v) is 10.8. The van der Waals surface area contributed by atoms with E-state index in [1.807, 2.05) is 18.2 Å². The summed E-state index contributed by atoms with van der Waals surface area (Å²) in [6.45, 7) is 3.35. The molecule has 0 spiro atoms. The van der Waals surface area contributed by atoms with Gasteiger partial charge in [-0.1, -0.05) is 49.4 Å². The van der Waals surface area contributed by atoms with Crippen molar-refractivity contribution >= 4 is 17.7 Å². The van der Waals surface area contributed by atoms with Crippen LogP contribution >= 0.6 is 0 Å². The summed E-state index contributed by atoms with van der Waals surface area (Å²) < 4.78 is 7.16. The zero-order valence-corrected chi connectivity index (χ0v) is 22.1. The zero-order valence-electron chi connectivity index (χ0n) is 22.1. The van der Waals surface area contributed by atoms with Gasteiger partial charge in [-0.2, -0.15) is 0 Å². The summed E-state index contributed by atoms with van der Waals surface area (Å²) >= 11 is 0. The molecule has 2 heterocycles. The van der Waals surface area contributed by atoms with Crippen molar-refractivity contribution in [2.24, 2.45) is 11.8 Å². The summed E-state index contributed by atoms with van der Waals surface area (Å²) in [4.78, 5) is 28.0. The first-order chi connectivity index (χ1) is 18.5. The molecule has 1 amide bonds. The highest BCUT2D eigenvalue weighted by atomic mass is 16.5. The molecule has 0 radical (unpaired) electrons. The van der Waals surface area contributed by atoms with Gasteiger partial charge in [0.25, 0.3) is 0 Å². The van der Waals surface area contributed by atoms with E-state index in [1.165, 1.54) is 11.1 Å². The minimum Gasteiger partial charge on any atom is -0.477 e. The van der Waals surface area contributed by atoms with Gasteiger partial charge in [-0.15, -0.1) is 5.10 Å². The molecule has 1 N–H and O–H groups in total. The summed E-state index contributed by atoms with van der Waals surface area (Å²) in [5.41, 5.74) is 3.33. The minimum absolute atomic E-state index is 0.00723. The number of carboxylic acids is 1. The highest BCUT2D eigenvalue weighted by molar-refractivity contribution is 6.02. The van der Waals surface area contributed by atoms with Gasteiger partial charge in [0, 0.05) is 31.4 Å². The molecule has 2 aliphatic rings. The Balaban J connectivity index is 1.41. The number of aromatic carboxylic acids is 1. The van der Waals surface area contributed by atoms with Crippen molar-refractivity contribution in [2.45, 2.75) is 64.3 Å². The van der Waals surface area contributed by atoms with Crippen LogP contribution in [0.5, 0.6) is 0 Å². The number of anilines is 1. The second-order valence-electron chi connectivity index (χ2n) is 10.8. The molecular formula is C31H37N3O4. The maximum atomic E-state index is 13.9. The molecule has 0 unspecified atom stereocenters.